The monoisotopic (exact) mass is 960 g/mol. The maximum absolute atomic E-state index is 13.1. The van der Waals surface area contributed by atoms with Crippen LogP contribution in [0.5, 0.6) is 0 Å². The van der Waals surface area contributed by atoms with Gasteiger partial charge >= 0.3 is 10.4 Å². The number of unbranched alkanes of at least 4 members (excludes halogenated alkanes) is 31. The molecule has 0 aliphatic carbocycles. The first-order valence-corrected chi connectivity index (χ1v) is 28.6. The van der Waals surface area contributed by atoms with E-state index < -0.39 is 59.9 Å². The zero-order chi connectivity index (χ0) is 48.4. The lowest BCUT2D eigenvalue weighted by Crippen LogP contribution is -2.61. The number of hydrogen-bond donors (Lipinski definition) is 6. The number of hydrogen-bond acceptors (Lipinski definition) is 10. The molecule has 66 heavy (non-hydrogen) atoms. The SMILES string of the molecule is CCCCCCCCCCC/C=C\C/C=C\CCCCCCCCCCCCCCCC(=O)NC(COC1OC(CO)C(O)C(OS(=O)(=O)O)C1O)C(O)CCCCCCCCCCCC. The number of aliphatic hydroxyl groups is 4. The normalized spacial score (nSPS) is 20.1. The number of carbonyl (C=O) groups excluding carboxylic acids is 1. The van der Waals surface area contributed by atoms with Crippen molar-refractivity contribution in [2.24, 2.45) is 0 Å². The highest BCUT2D eigenvalue weighted by Crippen LogP contribution is 2.26. The molecule has 390 valence electrons. The largest absolute Gasteiger partial charge is 0.397 e. The van der Waals surface area contributed by atoms with E-state index in [1.54, 1.807) is 0 Å². The number of amides is 1. The zero-order valence-electron chi connectivity index (χ0n) is 42.0. The van der Waals surface area contributed by atoms with Crippen molar-refractivity contribution in [1.82, 2.24) is 5.32 Å². The van der Waals surface area contributed by atoms with Crippen molar-refractivity contribution in [1.29, 1.82) is 0 Å². The van der Waals surface area contributed by atoms with Crippen LogP contribution in [0.4, 0.5) is 0 Å². The number of ether oxygens (including phenoxy) is 2. The Bertz CT molecular complexity index is 1270. The van der Waals surface area contributed by atoms with Gasteiger partial charge in [0.1, 0.15) is 24.4 Å². The third-order valence-electron chi connectivity index (χ3n) is 13.0. The van der Waals surface area contributed by atoms with Gasteiger partial charge in [-0.1, -0.05) is 224 Å². The van der Waals surface area contributed by atoms with Crippen molar-refractivity contribution in [2.75, 3.05) is 13.2 Å². The minimum atomic E-state index is -5.07. The maximum atomic E-state index is 13.1. The van der Waals surface area contributed by atoms with Crippen LogP contribution < -0.4 is 5.32 Å². The third-order valence-corrected chi connectivity index (χ3v) is 13.5. The van der Waals surface area contributed by atoms with Crippen LogP contribution in [-0.4, -0.2) is 95.4 Å². The van der Waals surface area contributed by atoms with E-state index in [1.165, 1.54) is 167 Å². The molecule has 7 unspecified atom stereocenters. The van der Waals surface area contributed by atoms with Gasteiger partial charge in [0.25, 0.3) is 0 Å². The Morgan fingerprint density at radius 2 is 1.02 bits per heavy atom. The van der Waals surface area contributed by atoms with Crippen LogP contribution in [0.3, 0.4) is 0 Å². The molecular formula is C53H101NO11S. The Kier molecular flexibility index (Phi) is 41.3. The number of allylic oxidation sites excluding steroid dienone is 4. The van der Waals surface area contributed by atoms with Crippen molar-refractivity contribution < 1.29 is 51.8 Å². The summed E-state index contributed by atoms with van der Waals surface area (Å²) in [7, 11) is -5.07. The fraction of sp³-hybridized carbons (Fsp3) is 0.906. The lowest BCUT2D eigenvalue weighted by molar-refractivity contribution is -0.298. The van der Waals surface area contributed by atoms with Gasteiger partial charge in [-0.2, -0.15) is 8.42 Å². The van der Waals surface area contributed by atoms with Crippen LogP contribution in [0.25, 0.3) is 0 Å². The Hall–Kier alpha value is -1.42. The van der Waals surface area contributed by atoms with Crippen LogP contribution in [0.2, 0.25) is 0 Å². The van der Waals surface area contributed by atoms with Gasteiger partial charge in [0, 0.05) is 6.42 Å². The summed E-state index contributed by atoms with van der Waals surface area (Å²) in [6, 6.07) is -0.856. The van der Waals surface area contributed by atoms with E-state index in [2.05, 4.69) is 47.7 Å². The summed E-state index contributed by atoms with van der Waals surface area (Å²) in [5.41, 5.74) is 0. The summed E-state index contributed by atoms with van der Waals surface area (Å²) >= 11 is 0. The quantitative estimate of drug-likeness (QED) is 0.0193. The highest BCUT2D eigenvalue weighted by molar-refractivity contribution is 7.80. The first-order valence-electron chi connectivity index (χ1n) is 27.2. The predicted octanol–water partition coefficient (Wildman–Crippen LogP) is 12.1. The van der Waals surface area contributed by atoms with Crippen LogP contribution in [0, 0.1) is 0 Å². The molecule has 1 amide bonds. The summed E-state index contributed by atoms with van der Waals surface area (Å²) < 4.78 is 47.7. The standard InChI is InChI=1S/C53H101NO11S/c1-3-5-7-9-11-13-15-16-17-18-19-20-21-22-23-24-25-26-27-28-29-30-31-32-33-35-37-39-41-43-49(57)54-46(47(56)42-40-38-36-34-14-12-10-8-6-4-2)45-63-53-51(59)52(65-66(60,61)62)50(58)48(44-55)64-53/h19-20,22-23,46-48,50-53,55-56,58-59H,3-18,21,24-45H2,1-2H3,(H,54,57)(H,60,61,62)/b20-19-,23-22-. The van der Waals surface area contributed by atoms with Gasteiger partial charge in [0.05, 0.1) is 25.4 Å². The predicted molar refractivity (Wildman–Crippen MR) is 269 cm³/mol. The molecule has 1 aliphatic rings. The molecule has 1 fully saturated rings. The fourth-order valence-electron chi connectivity index (χ4n) is 8.79. The van der Waals surface area contributed by atoms with Gasteiger partial charge in [-0.05, 0) is 44.9 Å². The Morgan fingerprint density at radius 1 is 0.606 bits per heavy atom. The lowest BCUT2D eigenvalue weighted by Gasteiger charge is -2.41. The van der Waals surface area contributed by atoms with Crippen LogP contribution >= 0.6 is 0 Å². The van der Waals surface area contributed by atoms with E-state index in [-0.39, 0.29) is 12.5 Å². The van der Waals surface area contributed by atoms with E-state index in [4.69, 9.17) is 9.47 Å². The summed E-state index contributed by atoms with van der Waals surface area (Å²) in [4.78, 5) is 13.1. The van der Waals surface area contributed by atoms with Crippen molar-refractivity contribution in [3.8, 4) is 0 Å². The van der Waals surface area contributed by atoms with E-state index in [9.17, 15) is 38.2 Å². The minimum absolute atomic E-state index is 0.231. The van der Waals surface area contributed by atoms with Gasteiger partial charge in [0.15, 0.2) is 6.29 Å². The Balaban J connectivity index is 2.26. The number of aliphatic hydroxyl groups excluding tert-OH is 4. The molecule has 0 aromatic heterocycles. The molecule has 6 N–H and O–H groups in total. The number of rotatable bonds is 47. The number of carbonyl (C=O) groups is 1. The van der Waals surface area contributed by atoms with Gasteiger partial charge in [-0.3, -0.25) is 9.35 Å². The highest BCUT2D eigenvalue weighted by atomic mass is 32.3. The second kappa shape index (κ2) is 43.6. The topological polar surface area (TPSA) is 192 Å². The molecule has 1 heterocycles. The second-order valence-electron chi connectivity index (χ2n) is 19.2. The molecule has 1 saturated heterocycles. The second-order valence-corrected chi connectivity index (χ2v) is 20.2. The summed E-state index contributed by atoms with van der Waals surface area (Å²) in [6.07, 6.45) is 43.5. The molecule has 12 nitrogen and oxygen atoms in total. The van der Waals surface area contributed by atoms with Gasteiger partial charge in [-0.25, -0.2) is 4.18 Å². The molecule has 0 bridgehead atoms. The molecule has 1 aliphatic heterocycles. The van der Waals surface area contributed by atoms with Crippen LogP contribution in [0.15, 0.2) is 24.3 Å². The average Bonchev–Trinajstić information content (AvgIpc) is 3.29. The van der Waals surface area contributed by atoms with Crippen molar-refractivity contribution in [3.63, 3.8) is 0 Å². The highest BCUT2D eigenvalue weighted by Gasteiger charge is 2.48. The average molecular weight is 960 g/mol. The maximum Gasteiger partial charge on any atom is 0.397 e. The first-order chi connectivity index (χ1) is 32.0. The minimum Gasteiger partial charge on any atom is -0.394 e. The van der Waals surface area contributed by atoms with Gasteiger partial charge in [-0.15, -0.1) is 0 Å². The third kappa shape index (κ3) is 35.7. The van der Waals surface area contributed by atoms with Crippen molar-refractivity contribution >= 4 is 16.3 Å². The Labute approximate surface area is 403 Å². The van der Waals surface area contributed by atoms with E-state index >= 15 is 0 Å². The van der Waals surface area contributed by atoms with Crippen molar-refractivity contribution in [3.05, 3.63) is 24.3 Å². The molecule has 1 rings (SSSR count). The summed E-state index contributed by atoms with van der Waals surface area (Å²) in [6.45, 7) is 3.44. The molecule has 13 heteroatoms. The molecule has 0 aromatic rings. The van der Waals surface area contributed by atoms with E-state index in [0.717, 1.165) is 57.8 Å². The Morgan fingerprint density at radius 3 is 1.44 bits per heavy atom. The molecule has 0 saturated carbocycles. The smallest absolute Gasteiger partial charge is 0.394 e. The van der Waals surface area contributed by atoms with E-state index in [0.29, 0.717) is 12.8 Å². The first kappa shape index (κ1) is 62.6. The fourth-order valence-corrected chi connectivity index (χ4v) is 9.29. The summed E-state index contributed by atoms with van der Waals surface area (Å²) in [5, 5.41) is 44.9. The van der Waals surface area contributed by atoms with Crippen LogP contribution in [-0.2, 0) is 28.9 Å². The molecular weight excluding hydrogens is 859 g/mol. The molecule has 0 aromatic carbocycles. The van der Waals surface area contributed by atoms with Gasteiger partial charge < -0.3 is 35.2 Å². The lowest BCUT2D eigenvalue weighted by atomic mass is 9.99. The molecule has 0 spiro atoms. The van der Waals surface area contributed by atoms with Crippen molar-refractivity contribution in [2.45, 2.75) is 294 Å². The summed E-state index contributed by atoms with van der Waals surface area (Å²) in [5.74, 6) is -0.231. The zero-order valence-corrected chi connectivity index (χ0v) is 42.8. The molecule has 0 radical (unpaired) electrons. The van der Waals surface area contributed by atoms with E-state index in [1.807, 2.05) is 0 Å². The van der Waals surface area contributed by atoms with Gasteiger partial charge in [0.2, 0.25) is 5.91 Å². The van der Waals surface area contributed by atoms with Crippen LogP contribution in [0.1, 0.15) is 251 Å². The molecule has 7 atom stereocenters. The number of nitrogens with one attached hydrogen (secondary N) is 1.